The molecule has 0 aromatic heterocycles. The lowest BCUT2D eigenvalue weighted by Gasteiger charge is -2.31. The van der Waals surface area contributed by atoms with E-state index in [4.69, 9.17) is 9.84 Å². The smallest absolute Gasteiger partial charge is 0.389 e. The van der Waals surface area contributed by atoms with Crippen molar-refractivity contribution in [1.82, 2.24) is 4.31 Å². The van der Waals surface area contributed by atoms with Crippen LogP contribution in [0.5, 0.6) is 0 Å². The van der Waals surface area contributed by atoms with E-state index in [0.29, 0.717) is 12.8 Å². The van der Waals surface area contributed by atoms with Gasteiger partial charge in [-0.2, -0.15) is 13.2 Å². The van der Waals surface area contributed by atoms with Crippen molar-refractivity contribution in [2.75, 3.05) is 32.1 Å². The first-order valence-electron chi connectivity index (χ1n) is 6.51. The molecule has 0 atom stereocenters. The average molecular weight is 319 g/mol. The first-order valence-corrected chi connectivity index (χ1v) is 8.12. The lowest BCUT2D eigenvalue weighted by molar-refractivity contribution is -0.134. The number of sulfonamides is 1. The number of piperidine rings is 1. The van der Waals surface area contributed by atoms with Crippen molar-refractivity contribution in [2.24, 2.45) is 0 Å². The van der Waals surface area contributed by atoms with E-state index >= 15 is 0 Å². The minimum absolute atomic E-state index is 0.0873. The van der Waals surface area contributed by atoms with Crippen LogP contribution in [0.1, 0.15) is 25.7 Å². The fourth-order valence-electron chi connectivity index (χ4n) is 2.08. The van der Waals surface area contributed by atoms with Crippen LogP contribution >= 0.6 is 0 Å². The molecule has 1 heterocycles. The molecule has 0 aliphatic carbocycles. The van der Waals surface area contributed by atoms with E-state index in [9.17, 15) is 21.6 Å². The number of hydrogen-bond acceptors (Lipinski definition) is 4. The molecule has 0 saturated carbocycles. The molecule has 1 aliphatic heterocycles. The second kappa shape index (κ2) is 7.58. The fourth-order valence-corrected chi connectivity index (χ4v) is 3.61. The summed E-state index contributed by atoms with van der Waals surface area (Å²) < 4.78 is 66.3. The summed E-state index contributed by atoms with van der Waals surface area (Å²) in [6, 6.07) is 0. The molecule has 1 saturated heterocycles. The number of alkyl halides is 3. The standard InChI is InChI=1S/C11H20F3NO4S/c12-11(13,14)4-1-9-20(17,18)15-5-2-10(3-6-15)19-8-7-16/h10,16H,1-9H2. The van der Waals surface area contributed by atoms with Crippen molar-refractivity contribution >= 4 is 10.0 Å². The fraction of sp³-hybridized carbons (Fsp3) is 1.00. The van der Waals surface area contributed by atoms with Gasteiger partial charge in [0.25, 0.3) is 0 Å². The van der Waals surface area contributed by atoms with Gasteiger partial charge in [-0.1, -0.05) is 0 Å². The number of aliphatic hydroxyl groups is 1. The summed E-state index contributed by atoms with van der Waals surface area (Å²) in [7, 11) is -3.62. The Bertz CT molecular complexity index is 378. The molecule has 0 spiro atoms. The lowest BCUT2D eigenvalue weighted by atomic mass is 10.1. The number of hydrogen-bond donors (Lipinski definition) is 1. The van der Waals surface area contributed by atoms with E-state index < -0.39 is 34.8 Å². The molecule has 0 amide bonds. The summed E-state index contributed by atoms with van der Waals surface area (Å²) in [6.07, 6.45) is -4.91. The Morgan fingerprint density at radius 2 is 1.85 bits per heavy atom. The number of ether oxygens (including phenoxy) is 1. The van der Waals surface area contributed by atoms with Crippen molar-refractivity contribution < 1.29 is 31.4 Å². The molecule has 5 nitrogen and oxygen atoms in total. The van der Waals surface area contributed by atoms with E-state index in [1.807, 2.05) is 0 Å². The van der Waals surface area contributed by atoms with Gasteiger partial charge in [-0.25, -0.2) is 12.7 Å². The number of nitrogens with zero attached hydrogens (tertiary/aromatic N) is 1. The van der Waals surface area contributed by atoms with Crippen molar-refractivity contribution in [3.8, 4) is 0 Å². The zero-order chi connectivity index (χ0) is 15.2. The Labute approximate surface area is 116 Å². The van der Waals surface area contributed by atoms with Gasteiger partial charge in [0.05, 0.1) is 25.1 Å². The maximum atomic E-state index is 12.0. The van der Waals surface area contributed by atoms with Crippen LogP contribution < -0.4 is 0 Å². The Kier molecular flexibility index (Phi) is 6.70. The minimum Gasteiger partial charge on any atom is -0.394 e. The van der Waals surface area contributed by atoms with E-state index in [1.54, 1.807) is 0 Å². The molecule has 0 aromatic rings. The highest BCUT2D eigenvalue weighted by atomic mass is 32.2. The van der Waals surface area contributed by atoms with Gasteiger partial charge in [0.2, 0.25) is 10.0 Å². The van der Waals surface area contributed by atoms with E-state index in [0.717, 1.165) is 0 Å². The van der Waals surface area contributed by atoms with Gasteiger partial charge >= 0.3 is 6.18 Å². The molecule has 0 unspecified atom stereocenters. The Morgan fingerprint density at radius 3 is 2.35 bits per heavy atom. The third-order valence-electron chi connectivity index (χ3n) is 3.10. The Hall–Kier alpha value is -0.380. The van der Waals surface area contributed by atoms with Gasteiger partial charge in [0.1, 0.15) is 0 Å². The number of aliphatic hydroxyl groups excluding tert-OH is 1. The lowest BCUT2D eigenvalue weighted by Crippen LogP contribution is -2.42. The second-order valence-electron chi connectivity index (χ2n) is 4.73. The predicted octanol–water partition coefficient (Wildman–Crippen LogP) is 1.13. The maximum absolute atomic E-state index is 12.0. The van der Waals surface area contributed by atoms with Crippen molar-refractivity contribution in [1.29, 1.82) is 0 Å². The molecule has 1 rings (SSSR count). The van der Waals surface area contributed by atoms with Crippen LogP contribution in [0, 0.1) is 0 Å². The van der Waals surface area contributed by atoms with E-state index in [2.05, 4.69) is 0 Å². The molecule has 0 aromatic carbocycles. The highest BCUT2D eigenvalue weighted by Gasteiger charge is 2.31. The highest BCUT2D eigenvalue weighted by Crippen LogP contribution is 2.23. The summed E-state index contributed by atoms with van der Waals surface area (Å²) in [6.45, 7) is 0.633. The highest BCUT2D eigenvalue weighted by molar-refractivity contribution is 7.89. The van der Waals surface area contributed by atoms with E-state index in [1.165, 1.54) is 4.31 Å². The number of rotatable bonds is 7. The number of halogens is 3. The van der Waals surface area contributed by atoms with Crippen molar-refractivity contribution in [3.05, 3.63) is 0 Å². The van der Waals surface area contributed by atoms with Crippen LogP contribution in [-0.4, -0.2) is 62.2 Å². The molecule has 0 radical (unpaired) electrons. The molecular weight excluding hydrogens is 299 g/mol. The quantitative estimate of drug-likeness (QED) is 0.764. The zero-order valence-corrected chi connectivity index (χ0v) is 11.9. The van der Waals surface area contributed by atoms with Crippen LogP contribution in [0.25, 0.3) is 0 Å². The van der Waals surface area contributed by atoms with Gasteiger partial charge < -0.3 is 9.84 Å². The van der Waals surface area contributed by atoms with Crippen LogP contribution in [0.15, 0.2) is 0 Å². The molecule has 1 aliphatic rings. The molecule has 120 valence electrons. The molecule has 9 heteroatoms. The van der Waals surface area contributed by atoms with Crippen molar-refractivity contribution in [2.45, 2.75) is 38.0 Å². The average Bonchev–Trinajstić information content (AvgIpc) is 2.35. The van der Waals surface area contributed by atoms with Crippen LogP contribution in [0.3, 0.4) is 0 Å². The first kappa shape index (κ1) is 17.7. The topological polar surface area (TPSA) is 66.8 Å². The third kappa shape index (κ3) is 6.38. The first-order chi connectivity index (χ1) is 9.24. The largest absolute Gasteiger partial charge is 0.394 e. The van der Waals surface area contributed by atoms with Gasteiger partial charge in [-0.05, 0) is 19.3 Å². The van der Waals surface area contributed by atoms with Crippen LogP contribution in [0.4, 0.5) is 13.2 Å². The Morgan fingerprint density at radius 1 is 1.25 bits per heavy atom. The predicted molar refractivity (Wildman–Crippen MR) is 66.7 cm³/mol. The SMILES string of the molecule is O=S(=O)(CCCC(F)(F)F)N1CCC(OCCO)CC1. The second-order valence-corrected chi connectivity index (χ2v) is 6.82. The normalized spacial score (nSPS) is 19.4. The molecule has 1 N–H and O–H groups in total. The van der Waals surface area contributed by atoms with Crippen molar-refractivity contribution in [3.63, 3.8) is 0 Å². The Balaban J connectivity index is 2.35. The summed E-state index contributed by atoms with van der Waals surface area (Å²) in [5.74, 6) is -0.478. The summed E-state index contributed by atoms with van der Waals surface area (Å²) in [5.41, 5.74) is 0. The van der Waals surface area contributed by atoms with Gasteiger partial charge in [0, 0.05) is 19.5 Å². The maximum Gasteiger partial charge on any atom is 0.389 e. The van der Waals surface area contributed by atoms with E-state index in [-0.39, 0.29) is 32.4 Å². The summed E-state index contributed by atoms with van der Waals surface area (Å²) in [4.78, 5) is 0. The van der Waals surface area contributed by atoms with Gasteiger partial charge in [-0.3, -0.25) is 0 Å². The molecular formula is C11H20F3NO4S. The van der Waals surface area contributed by atoms with Gasteiger partial charge in [0.15, 0.2) is 0 Å². The monoisotopic (exact) mass is 319 g/mol. The molecule has 1 fully saturated rings. The minimum atomic E-state index is -4.32. The molecule has 0 bridgehead atoms. The third-order valence-corrected chi connectivity index (χ3v) is 5.06. The summed E-state index contributed by atoms with van der Waals surface area (Å²) >= 11 is 0. The van der Waals surface area contributed by atoms with Crippen LogP contribution in [0.2, 0.25) is 0 Å². The summed E-state index contributed by atoms with van der Waals surface area (Å²) in [5, 5.41) is 8.62. The van der Waals surface area contributed by atoms with Crippen LogP contribution in [-0.2, 0) is 14.8 Å². The van der Waals surface area contributed by atoms with Gasteiger partial charge in [-0.15, -0.1) is 0 Å². The zero-order valence-electron chi connectivity index (χ0n) is 11.1. The molecule has 20 heavy (non-hydrogen) atoms.